The maximum absolute atomic E-state index is 14.2. The van der Waals surface area contributed by atoms with E-state index in [2.05, 4.69) is 31.0 Å². The summed E-state index contributed by atoms with van der Waals surface area (Å²) in [7, 11) is 0. The van der Waals surface area contributed by atoms with Gasteiger partial charge < -0.3 is 4.74 Å². The third-order valence-corrected chi connectivity index (χ3v) is 9.17. The number of ether oxygens (including phenoxy) is 1. The minimum Gasteiger partial charge on any atom is -0.490 e. The third kappa shape index (κ3) is 3.15. The van der Waals surface area contributed by atoms with Crippen LogP contribution in [0.4, 0.5) is 0 Å². The van der Waals surface area contributed by atoms with Crippen molar-refractivity contribution >= 4 is 17.6 Å². The summed E-state index contributed by atoms with van der Waals surface area (Å²) in [6.45, 7) is 6.35. The van der Waals surface area contributed by atoms with Gasteiger partial charge in [0.2, 0.25) is 11.8 Å². The predicted octanol–water partition coefficient (Wildman–Crippen LogP) is 3.73. The number of imide groups is 1. The lowest BCUT2D eigenvalue weighted by molar-refractivity contribution is -0.139. The molecule has 1 N–H and O–H groups in total. The first kappa shape index (κ1) is 20.9. The highest BCUT2D eigenvalue weighted by Crippen LogP contribution is 2.58. The second-order valence-corrected chi connectivity index (χ2v) is 10.9. The van der Waals surface area contributed by atoms with Crippen LogP contribution in [0.2, 0.25) is 0 Å². The van der Waals surface area contributed by atoms with Gasteiger partial charge in [-0.1, -0.05) is 43.7 Å². The average Bonchev–Trinajstić information content (AvgIpc) is 3.25. The Kier molecular flexibility index (Phi) is 4.86. The lowest BCUT2D eigenvalue weighted by Crippen LogP contribution is -2.46. The van der Waals surface area contributed by atoms with E-state index in [1.54, 1.807) is 0 Å². The number of amides is 2. The molecule has 0 aromatic heterocycles. The standard InChI is InChI=1S/C28H31NO4/c1-3-16-7-11-18-20-12-14(2)4-10-19(20)26-23(18)22(16)25(30)24-21(27(31)29-28(24)32)13-15-5-8-17(33-26)9-6-15/h3,5-9,11,14,16,18-24,26H,1,4,10,12-13H2,2H3,(H,29,31,32)/t14-,16?,18+,19-,20+,21+,22+,23+,24-,26+/m1/s1. The van der Waals surface area contributed by atoms with Crippen LogP contribution in [-0.4, -0.2) is 23.7 Å². The number of carbonyl (C=O) groups is 3. The molecule has 2 amide bonds. The number of nitrogens with one attached hydrogen (secondary N) is 1. The lowest BCUT2D eigenvalue weighted by atomic mass is 9.64. The Balaban J connectivity index is 1.51. The number of Topliss-reactive ketones (excluding diaryl/α,β-unsaturated/α-hetero) is 1. The van der Waals surface area contributed by atoms with E-state index < -0.39 is 23.7 Å². The van der Waals surface area contributed by atoms with E-state index in [-0.39, 0.29) is 35.5 Å². The van der Waals surface area contributed by atoms with Gasteiger partial charge in [-0.3, -0.25) is 19.7 Å². The number of benzene rings is 1. The van der Waals surface area contributed by atoms with Crippen molar-refractivity contribution in [2.45, 2.75) is 38.7 Å². The molecule has 10 atom stereocenters. The quantitative estimate of drug-likeness (QED) is 0.406. The lowest BCUT2D eigenvalue weighted by Gasteiger charge is -2.39. The van der Waals surface area contributed by atoms with Crippen molar-refractivity contribution < 1.29 is 19.1 Å². The van der Waals surface area contributed by atoms with Crippen molar-refractivity contribution in [3.63, 3.8) is 0 Å². The Labute approximate surface area is 194 Å². The first-order valence-corrected chi connectivity index (χ1v) is 12.4. The molecular weight excluding hydrogens is 414 g/mol. The highest BCUT2D eigenvalue weighted by Gasteiger charge is 2.60. The maximum Gasteiger partial charge on any atom is 0.237 e. The van der Waals surface area contributed by atoms with E-state index in [0.29, 0.717) is 24.2 Å². The van der Waals surface area contributed by atoms with Crippen molar-refractivity contribution in [2.75, 3.05) is 0 Å². The third-order valence-electron chi connectivity index (χ3n) is 9.17. The van der Waals surface area contributed by atoms with Gasteiger partial charge in [-0.05, 0) is 60.6 Å². The predicted molar refractivity (Wildman–Crippen MR) is 123 cm³/mol. The van der Waals surface area contributed by atoms with Crippen molar-refractivity contribution in [3.05, 3.63) is 54.6 Å². The molecule has 33 heavy (non-hydrogen) atoms. The first-order valence-electron chi connectivity index (χ1n) is 12.4. The van der Waals surface area contributed by atoms with Gasteiger partial charge in [0.25, 0.3) is 0 Å². The van der Waals surface area contributed by atoms with Crippen LogP contribution in [0.1, 0.15) is 31.7 Å². The van der Waals surface area contributed by atoms with Gasteiger partial charge in [-0.25, -0.2) is 0 Å². The maximum atomic E-state index is 14.2. The topological polar surface area (TPSA) is 72.5 Å². The molecule has 6 aliphatic rings. The van der Waals surface area contributed by atoms with Crippen LogP contribution < -0.4 is 10.1 Å². The summed E-state index contributed by atoms with van der Waals surface area (Å²) in [4.78, 5) is 39.9. The van der Waals surface area contributed by atoms with Gasteiger partial charge in [0.05, 0.1) is 5.92 Å². The summed E-state index contributed by atoms with van der Waals surface area (Å²) in [6, 6.07) is 7.89. The molecule has 3 heterocycles. The summed E-state index contributed by atoms with van der Waals surface area (Å²) in [5.74, 6) is -0.483. The number of allylic oxidation sites excluding steroid dienone is 3. The number of hydrogen-bond acceptors (Lipinski definition) is 4. The SMILES string of the molecule is C=CC1C=C[C@H]2[C@@H]3C[C@H](C)CC[C@H]3[C@@H]3Oc4ccc(cc4)C[C@@H]4C(=O)NC(=O)[C@H]4C(=O)[C@@H]1[C@H]23. The van der Waals surface area contributed by atoms with Gasteiger partial charge in [0.15, 0.2) is 5.78 Å². The Morgan fingerprint density at radius 2 is 1.82 bits per heavy atom. The van der Waals surface area contributed by atoms with E-state index in [9.17, 15) is 14.4 Å². The summed E-state index contributed by atoms with van der Waals surface area (Å²) >= 11 is 0. The molecule has 5 nitrogen and oxygen atoms in total. The van der Waals surface area contributed by atoms with Gasteiger partial charge in [-0.2, -0.15) is 0 Å². The molecule has 5 heteroatoms. The van der Waals surface area contributed by atoms with Crippen molar-refractivity contribution in [2.24, 2.45) is 53.3 Å². The minimum atomic E-state index is -0.946. The van der Waals surface area contributed by atoms with Crippen LogP contribution in [0.5, 0.6) is 5.75 Å². The monoisotopic (exact) mass is 445 g/mol. The molecule has 7 rings (SSSR count). The van der Waals surface area contributed by atoms with Crippen molar-refractivity contribution in [1.82, 2.24) is 5.32 Å². The van der Waals surface area contributed by atoms with Gasteiger partial charge in [0, 0.05) is 17.8 Å². The summed E-state index contributed by atoms with van der Waals surface area (Å²) in [6.07, 6.45) is 9.95. The fraction of sp³-hybridized carbons (Fsp3) is 0.536. The normalized spacial score (nSPS) is 43.5. The molecule has 2 saturated carbocycles. The summed E-state index contributed by atoms with van der Waals surface area (Å²) < 4.78 is 6.72. The van der Waals surface area contributed by atoms with Crippen LogP contribution in [0, 0.1) is 53.3 Å². The molecule has 172 valence electrons. The van der Waals surface area contributed by atoms with Gasteiger partial charge >= 0.3 is 0 Å². The minimum absolute atomic E-state index is 0.0194. The fourth-order valence-corrected chi connectivity index (χ4v) is 7.69. The zero-order valence-corrected chi connectivity index (χ0v) is 19.0. The fourth-order valence-electron chi connectivity index (χ4n) is 7.69. The Morgan fingerprint density at radius 3 is 2.58 bits per heavy atom. The average molecular weight is 446 g/mol. The van der Waals surface area contributed by atoms with E-state index in [1.165, 1.54) is 6.42 Å². The second kappa shape index (κ2) is 7.68. The van der Waals surface area contributed by atoms with Crippen LogP contribution in [0.25, 0.3) is 0 Å². The molecule has 0 radical (unpaired) electrons. The molecule has 2 bridgehead atoms. The number of hydrogen-bond donors (Lipinski definition) is 1. The summed E-state index contributed by atoms with van der Waals surface area (Å²) in [5.41, 5.74) is 0.935. The van der Waals surface area contributed by atoms with E-state index in [1.807, 2.05) is 30.3 Å². The van der Waals surface area contributed by atoms with Crippen molar-refractivity contribution in [1.29, 1.82) is 0 Å². The van der Waals surface area contributed by atoms with Crippen LogP contribution in [-0.2, 0) is 20.8 Å². The van der Waals surface area contributed by atoms with E-state index >= 15 is 0 Å². The van der Waals surface area contributed by atoms with Gasteiger partial charge in [0.1, 0.15) is 17.8 Å². The number of ketones is 1. The Bertz CT molecular complexity index is 1040. The molecule has 1 aromatic carbocycles. The van der Waals surface area contributed by atoms with E-state index in [4.69, 9.17) is 4.74 Å². The Morgan fingerprint density at radius 1 is 1.03 bits per heavy atom. The zero-order valence-electron chi connectivity index (χ0n) is 19.0. The summed E-state index contributed by atoms with van der Waals surface area (Å²) in [5, 5.41) is 2.46. The molecule has 3 fully saturated rings. The number of fused-ring (bicyclic) bond motifs is 4. The highest BCUT2D eigenvalue weighted by molar-refractivity contribution is 6.16. The molecule has 3 aliphatic carbocycles. The second-order valence-electron chi connectivity index (χ2n) is 10.9. The van der Waals surface area contributed by atoms with Crippen LogP contribution in [0.15, 0.2) is 49.1 Å². The van der Waals surface area contributed by atoms with Gasteiger partial charge in [-0.15, -0.1) is 6.58 Å². The molecule has 1 aromatic rings. The van der Waals surface area contributed by atoms with Crippen LogP contribution >= 0.6 is 0 Å². The smallest absolute Gasteiger partial charge is 0.237 e. The molecular formula is C28H31NO4. The molecule has 1 unspecified atom stereocenters. The van der Waals surface area contributed by atoms with Crippen LogP contribution in [0.3, 0.4) is 0 Å². The zero-order chi connectivity index (χ0) is 22.9. The largest absolute Gasteiger partial charge is 0.490 e. The molecule has 1 saturated heterocycles. The highest BCUT2D eigenvalue weighted by atomic mass is 16.5. The molecule has 0 spiro atoms. The van der Waals surface area contributed by atoms with Crippen molar-refractivity contribution in [3.8, 4) is 5.75 Å². The van der Waals surface area contributed by atoms with E-state index in [0.717, 1.165) is 24.2 Å². The molecule has 3 aliphatic heterocycles. The number of carbonyl (C=O) groups excluding carboxylic acids is 3. The number of rotatable bonds is 1. The Hall–Kier alpha value is -2.69. The first-order chi connectivity index (χ1) is 16.0.